The van der Waals surface area contributed by atoms with Crippen LogP contribution in [0, 0.1) is 0 Å². The Balaban J connectivity index is 1.97. The monoisotopic (exact) mass is 248 g/mol. The Bertz CT molecular complexity index is 550. The average Bonchev–Trinajstić information content (AvgIpc) is 2.75. The molecule has 2 rings (SSSR count). The maximum absolute atomic E-state index is 11.4. The Labute approximate surface area is 105 Å². The van der Waals surface area contributed by atoms with Crippen LogP contribution in [-0.2, 0) is 4.79 Å². The molecule has 2 aromatic rings. The second-order valence-corrected chi connectivity index (χ2v) is 3.95. The molecule has 4 N–H and O–H groups in total. The topological polar surface area (TPSA) is 93.2 Å². The number of anilines is 2. The molecule has 1 heterocycles. The molecule has 0 unspecified atom stereocenters. The molecule has 0 aliphatic heterocycles. The van der Waals surface area contributed by atoms with Crippen LogP contribution in [0.5, 0.6) is 0 Å². The average molecular weight is 248 g/mol. The van der Waals surface area contributed by atoms with E-state index >= 15 is 0 Å². The molecule has 0 saturated carbocycles. The largest absolute Gasteiger partial charge is 0.423 e. The lowest BCUT2D eigenvalue weighted by Crippen LogP contribution is -2.30. The summed E-state index contributed by atoms with van der Waals surface area (Å²) < 4.78 is 5.42. The highest BCUT2D eigenvalue weighted by Crippen LogP contribution is 2.20. The zero-order chi connectivity index (χ0) is 13.0. The number of nitrogens with one attached hydrogen (secondary N) is 2. The molecule has 18 heavy (non-hydrogen) atoms. The Morgan fingerprint density at radius 3 is 3.11 bits per heavy atom. The number of hydrogen-bond donors (Lipinski definition) is 3. The number of carbonyl (C=O) groups is 1. The normalized spacial score (nSPS) is 10.5. The lowest BCUT2D eigenvalue weighted by atomic mass is 10.3. The van der Waals surface area contributed by atoms with Crippen LogP contribution in [0.25, 0.3) is 11.1 Å². The summed E-state index contributed by atoms with van der Waals surface area (Å²) in [6.07, 6.45) is 0.911. The van der Waals surface area contributed by atoms with Crippen LogP contribution in [0.15, 0.2) is 22.6 Å². The molecule has 0 spiro atoms. The van der Waals surface area contributed by atoms with E-state index in [-0.39, 0.29) is 12.5 Å². The minimum atomic E-state index is -0.0846. The molecule has 1 aromatic heterocycles. The predicted octanol–water partition coefficient (Wildman–Crippen LogP) is 1.35. The van der Waals surface area contributed by atoms with E-state index in [1.165, 1.54) is 0 Å². The fraction of sp³-hybridized carbons (Fsp3) is 0.333. The second-order valence-electron chi connectivity index (χ2n) is 3.95. The first-order chi connectivity index (χ1) is 8.69. The molecule has 1 amide bonds. The van der Waals surface area contributed by atoms with Crippen molar-refractivity contribution >= 4 is 28.7 Å². The van der Waals surface area contributed by atoms with Crippen molar-refractivity contribution in [3.63, 3.8) is 0 Å². The molecule has 0 saturated heterocycles. The van der Waals surface area contributed by atoms with Crippen molar-refractivity contribution in [2.75, 3.05) is 24.1 Å². The van der Waals surface area contributed by atoms with E-state index in [1.807, 2.05) is 6.92 Å². The first-order valence-corrected chi connectivity index (χ1v) is 5.85. The van der Waals surface area contributed by atoms with Gasteiger partial charge in [0.1, 0.15) is 5.52 Å². The van der Waals surface area contributed by atoms with E-state index in [9.17, 15) is 4.79 Å². The van der Waals surface area contributed by atoms with Crippen LogP contribution in [0.4, 0.5) is 11.7 Å². The molecule has 0 atom stereocenters. The highest BCUT2D eigenvalue weighted by Gasteiger charge is 2.07. The lowest BCUT2D eigenvalue weighted by Gasteiger charge is -2.02. The zero-order valence-corrected chi connectivity index (χ0v) is 10.2. The summed E-state index contributed by atoms with van der Waals surface area (Å²) in [5.74, 6) is -0.0846. The smallest absolute Gasteiger partial charge is 0.296 e. The summed E-state index contributed by atoms with van der Waals surface area (Å²) in [7, 11) is 0. The minimum Gasteiger partial charge on any atom is -0.423 e. The minimum absolute atomic E-state index is 0.0846. The van der Waals surface area contributed by atoms with Gasteiger partial charge in [-0.3, -0.25) is 4.79 Å². The van der Waals surface area contributed by atoms with Crippen molar-refractivity contribution in [2.45, 2.75) is 13.3 Å². The maximum atomic E-state index is 11.4. The number of nitrogens with two attached hydrogens (primary N) is 1. The Hall–Kier alpha value is -2.24. The number of nitrogen functional groups attached to an aromatic ring is 1. The number of oxazole rings is 1. The highest BCUT2D eigenvalue weighted by molar-refractivity contribution is 5.81. The Kier molecular flexibility index (Phi) is 3.66. The van der Waals surface area contributed by atoms with Gasteiger partial charge in [-0.25, -0.2) is 0 Å². The van der Waals surface area contributed by atoms with Gasteiger partial charge in [-0.2, -0.15) is 4.98 Å². The molecule has 0 aliphatic rings. The summed E-state index contributed by atoms with van der Waals surface area (Å²) in [4.78, 5) is 15.6. The van der Waals surface area contributed by atoms with Crippen LogP contribution in [0.3, 0.4) is 0 Å². The predicted molar refractivity (Wildman–Crippen MR) is 70.2 cm³/mol. The van der Waals surface area contributed by atoms with Crippen molar-refractivity contribution in [3.8, 4) is 0 Å². The second kappa shape index (κ2) is 5.39. The van der Waals surface area contributed by atoms with Gasteiger partial charge in [0.25, 0.3) is 6.01 Å². The number of amides is 1. The first-order valence-electron chi connectivity index (χ1n) is 5.85. The van der Waals surface area contributed by atoms with Gasteiger partial charge in [-0.1, -0.05) is 6.92 Å². The van der Waals surface area contributed by atoms with Crippen LogP contribution in [-0.4, -0.2) is 24.0 Å². The van der Waals surface area contributed by atoms with Crippen LogP contribution < -0.4 is 16.4 Å². The van der Waals surface area contributed by atoms with Gasteiger partial charge >= 0.3 is 0 Å². The SMILES string of the molecule is CCCNC(=O)CNc1nc2ccc(N)cc2o1. The molecule has 6 nitrogen and oxygen atoms in total. The standard InChI is InChI=1S/C12H16N4O2/c1-2-5-14-11(17)7-15-12-16-9-4-3-8(13)6-10(9)18-12/h3-4,6H,2,5,7,13H2,1H3,(H,14,17)(H,15,16). The van der Waals surface area contributed by atoms with Gasteiger partial charge in [0.2, 0.25) is 5.91 Å². The lowest BCUT2D eigenvalue weighted by molar-refractivity contribution is -0.119. The highest BCUT2D eigenvalue weighted by atomic mass is 16.4. The summed E-state index contributed by atoms with van der Waals surface area (Å²) in [5.41, 5.74) is 7.57. The van der Waals surface area contributed by atoms with E-state index in [1.54, 1.807) is 18.2 Å². The summed E-state index contributed by atoms with van der Waals surface area (Å²) in [6, 6.07) is 5.55. The Morgan fingerprint density at radius 2 is 2.33 bits per heavy atom. The van der Waals surface area contributed by atoms with Crippen molar-refractivity contribution in [1.82, 2.24) is 10.3 Å². The fourth-order valence-corrected chi connectivity index (χ4v) is 1.50. The summed E-state index contributed by atoms with van der Waals surface area (Å²) >= 11 is 0. The van der Waals surface area contributed by atoms with Gasteiger partial charge in [-0.05, 0) is 18.6 Å². The third-order valence-corrected chi connectivity index (χ3v) is 2.38. The fourth-order valence-electron chi connectivity index (χ4n) is 1.50. The molecular formula is C12H16N4O2. The number of fused-ring (bicyclic) bond motifs is 1. The molecule has 0 aliphatic carbocycles. The maximum Gasteiger partial charge on any atom is 0.296 e. The summed E-state index contributed by atoms with van der Waals surface area (Å²) in [5, 5.41) is 5.59. The first kappa shape index (κ1) is 12.2. The van der Waals surface area contributed by atoms with Gasteiger partial charge in [0.15, 0.2) is 5.58 Å². The van der Waals surface area contributed by atoms with Gasteiger partial charge in [0, 0.05) is 18.3 Å². The van der Waals surface area contributed by atoms with E-state index in [0.29, 0.717) is 29.3 Å². The van der Waals surface area contributed by atoms with Crippen molar-refractivity contribution in [2.24, 2.45) is 0 Å². The number of aromatic nitrogens is 1. The number of hydrogen-bond acceptors (Lipinski definition) is 5. The number of benzene rings is 1. The van der Waals surface area contributed by atoms with Gasteiger partial charge in [0.05, 0.1) is 6.54 Å². The molecule has 96 valence electrons. The quantitative estimate of drug-likeness (QED) is 0.694. The van der Waals surface area contributed by atoms with E-state index in [2.05, 4.69) is 15.6 Å². The van der Waals surface area contributed by atoms with E-state index < -0.39 is 0 Å². The van der Waals surface area contributed by atoms with Crippen molar-refractivity contribution in [3.05, 3.63) is 18.2 Å². The number of nitrogens with zero attached hydrogens (tertiary/aromatic N) is 1. The third kappa shape index (κ3) is 2.91. The van der Waals surface area contributed by atoms with Gasteiger partial charge < -0.3 is 20.8 Å². The van der Waals surface area contributed by atoms with Crippen molar-refractivity contribution in [1.29, 1.82) is 0 Å². The third-order valence-electron chi connectivity index (χ3n) is 2.38. The molecule has 0 bridgehead atoms. The van der Waals surface area contributed by atoms with E-state index in [4.69, 9.17) is 10.2 Å². The number of carbonyl (C=O) groups excluding carboxylic acids is 1. The molecule has 1 aromatic carbocycles. The van der Waals surface area contributed by atoms with E-state index in [0.717, 1.165) is 6.42 Å². The number of rotatable bonds is 5. The summed E-state index contributed by atoms with van der Waals surface area (Å²) in [6.45, 7) is 2.81. The molecule has 0 fully saturated rings. The molecule has 0 radical (unpaired) electrons. The van der Waals surface area contributed by atoms with Gasteiger partial charge in [-0.15, -0.1) is 0 Å². The van der Waals surface area contributed by atoms with Crippen LogP contribution in [0.1, 0.15) is 13.3 Å². The van der Waals surface area contributed by atoms with Crippen molar-refractivity contribution < 1.29 is 9.21 Å². The zero-order valence-electron chi connectivity index (χ0n) is 10.2. The molecule has 6 heteroatoms. The molecular weight excluding hydrogens is 232 g/mol. The van der Waals surface area contributed by atoms with Crippen LogP contribution >= 0.6 is 0 Å². The van der Waals surface area contributed by atoms with Crippen LogP contribution in [0.2, 0.25) is 0 Å². The Morgan fingerprint density at radius 1 is 1.50 bits per heavy atom.